The van der Waals surface area contributed by atoms with E-state index in [1.165, 1.54) is 17.7 Å². The number of rotatable bonds is 6. The molecule has 0 radical (unpaired) electrons. The van der Waals surface area contributed by atoms with Gasteiger partial charge in [0.1, 0.15) is 0 Å². The SMILES string of the molecule is C=C(CC(C)(C)C)N(C)C(CCC)C(=C)C(C)(C)C. The van der Waals surface area contributed by atoms with Gasteiger partial charge in [0.05, 0.1) is 0 Å². The molecule has 0 aromatic heterocycles. The molecule has 0 aliphatic heterocycles. The van der Waals surface area contributed by atoms with E-state index in [4.69, 9.17) is 0 Å². The Labute approximate surface area is 121 Å². The van der Waals surface area contributed by atoms with Gasteiger partial charge in [0, 0.05) is 18.8 Å². The second-order valence-corrected chi connectivity index (χ2v) is 7.99. The second kappa shape index (κ2) is 6.63. The van der Waals surface area contributed by atoms with E-state index in [1.807, 2.05) is 0 Å². The highest BCUT2D eigenvalue weighted by Crippen LogP contribution is 2.34. The summed E-state index contributed by atoms with van der Waals surface area (Å²) in [5.41, 5.74) is 2.96. The molecule has 0 aliphatic rings. The minimum atomic E-state index is 0.149. The number of hydrogen-bond donors (Lipinski definition) is 0. The molecular formula is C18H35N. The van der Waals surface area contributed by atoms with Crippen LogP contribution in [-0.4, -0.2) is 18.0 Å². The van der Waals surface area contributed by atoms with Crippen molar-refractivity contribution in [3.05, 3.63) is 24.4 Å². The van der Waals surface area contributed by atoms with E-state index >= 15 is 0 Å². The van der Waals surface area contributed by atoms with Crippen LogP contribution in [0.25, 0.3) is 0 Å². The molecular weight excluding hydrogens is 230 g/mol. The van der Waals surface area contributed by atoms with Crippen LogP contribution in [-0.2, 0) is 0 Å². The van der Waals surface area contributed by atoms with Gasteiger partial charge >= 0.3 is 0 Å². The summed E-state index contributed by atoms with van der Waals surface area (Å²) in [6, 6.07) is 0.403. The summed E-state index contributed by atoms with van der Waals surface area (Å²) in [6.07, 6.45) is 3.35. The first-order valence-corrected chi connectivity index (χ1v) is 7.50. The van der Waals surface area contributed by atoms with Crippen molar-refractivity contribution in [2.45, 2.75) is 73.8 Å². The third kappa shape index (κ3) is 6.31. The van der Waals surface area contributed by atoms with Crippen LogP contribution in [0.3, 0.4) is 0 Å². The van der Waals surface area contributed by atoms with Crippen LogP contribution in [0.2, 0.25) is 0 Å². The first-order valence-electron chi connectivity index (χ1n) is 7.50. The van der Waals surface area contributed by atoms with E-state index < -0.39 is 0 Å². The minimum absolute atomic E-state index is 0.149. The molecule has 0 saturated heterocycles. The zero-order chi connectivity index (χ0) is 15.4. The monoisotopic (exact) mass is 265 g/mol. The zero-order valence-corrected chi connectivity index (χ0v) is 14.6. The average Bonchev–Trinajstić information content (AvgIpc) is 2.20. The van der Waals surface area contributed by atoms with Crippen molar-refractivity contribution in [3.63, 3.8) is 0 Å². The summed E-state index contributed by atoms with van der Waals surface area (Å²) >= 11 is 0. The molecule has 0 rings (SSSR count). The molecule has 0 saturated carbocycles. The Morgan fingerprint density at radius 1 is 1.05 bits per heavy atom. The molecule has 0 bridgehead atoms. The Morgan fingerprint density at radius 3 is 1.84 bits per heavy atom. The van der Waals surface area contributed by atoms with Crippen molar-refractivity contribution in [2.75, 3.05) is 7.05 Å². The summed E-state index contributed by atoms with van der Waals surface area (Å²) in [6.45, 7) is 24.4. The Morgan fingerprint density at radius 2 is 1.53 bits per heavy atom. The number of nitrogens with zero attached hydrogens (tertiary/aromatic N) is 1. The number of likely N-dealkylation sites (N-methyl/N-ethyl adjacent to an activating group) is 1. The second-order valence-electron chi connectivity index (χ2n) is 7.99. The maximum absolute atomic E-state index is 4.36. The number of allylic oxidation sites excluding steroid dienone is 1. The average molecular weight is 265 g/mol. The lowest BCUT2D eigenvalue weighted by molar-refractivity contribution is 0.253. The van der Waals surface area contributed by atoms with Crippen molar-refractivity contribution in [1.82, 2.24) is 4.90 Å². The van der Waals surface area contributed by atoms with Gasteiger partial charge in [0.15, 0.2) is 0 Å². The Bertz CT molecular complexity index is 312. The molecule has 0 aromatic rings. The highest BCUT2D eigenvalue weighted by Gasteiger charge is 2.27. The lowest BCUT2D eigenvalue weighted by atomic mass is 9.80. The Kier molecular flexibility index (Phi) is 6.38. The van der Waals surface area contributed by atoms with Crippen molar-refractivity contribution in [1.29, 1.82) is 0 Å². The van der Waals surface area contributed by atoms with Gasteiger partial charge in [-0.25, -0.2) is 0 Å². The molecule has 1 atom stereocenters. The summed E-state index contributed by atoms with van der Waals surface area (Å²) in [4.78, 5) is 2.35. The summed E-state index contributed by atoms with van der Waals surface area (Å²) < 4.78 is 0. The summed E-state index contributed by atoms with van der Waals surface area (Å²) in [7, 11) is 2.17. The first kappa shape index (κ1) is 18.3. The molecule has 0 aliphatic carbocycles. The van der Waals surface area contributed by atoms with Crippen LogP contribution in [0.15, 0.2) is 24.4 Å². The van der Waals surface area contributed by atoms with Gasteiger partial charge in [0.25, 0.3) is 0 Å². The van der Waals surface area contributed by atoms with Gasteiger partial charge < -0.3 is 4.90 Å². The molecule has 112 valence electrons. The molecule has 0 aromatic carbocycles. The van der Waals surface area contributed by atoms with Crippen molar-refractivity contribution in [2.24, 2.45) is 10.8 Å². The van der Waals surface area contributed by atoms with Crippen LogP contribution in [0.5, 0.6) is 0 Å². The van der Waals surface area contributed by atoms with Gasteiger partial charge in [-0.1, -0.05) is 68.0 Å². The fourth-order valence-electron chi connectivity index (χ4n) is 2.33. The quantitative estimate of drug-likeness (QED) is 0.562. The fourth-order valence-corrected chi connectivity index (χ4v) is 2.33. The van der Waals surface area contributed by atoms with Crippen molar-refractivity contribution in [3.8, 4) is 0 Å². The maximum Gasteiger partial charge on any atom is 0.0498 e. The molecule has 0 heterocycles. The van der Waals surface area contributed by atoms with E-state index in [0.717, 1.165) is 12.8 Å². The topological polar surface area (TPSA) is 3.24 Å². The van der Waals surface area contributed by atoms with Gasteiger partial charge in [-0.05, 0) is 29.2 Å². The van der Waals surface area contributed by atoms with Crippen molar-refractivity contribution < 1.29 is 0 Å². The molecule has 1 unspecified atom stereocenters. The third-order valence-corrected chi connectivity index (χ3v) is 3.63. The normalized spacial score (nSPS) is 14.1. The first-order chi connectivity index (χ1) is 8.40. The molecule has 0 N–H and O–H groups in total. The van der Waals surface area contributed by atoms with Crippen LogP contribution >= 0.6 is 0 Å². The predicted molar refractivity (Wildman–Crippen MR) is 88.3 cm³/mol. The standard InChI is InChI=1S/C18H35N/c1-11-12-16(15(3)18(7,8)9)19(10)14(2)13-17(4,5)6/h16H,2-3,11-13H2,1,4-10H3. The van der Waals surface area contributed by atoms with E-state index in [2.05, 4.69) is 73.6 Å². The smallest absolute Gasteiger partial charge is 0.0498 e. The lowest BCUT2D eigenvalue weighted by Crippen LogP contribution is -2.37. The molecule has 0 fully saturated rings. The van der Waals surface area contributed by atoms with E-state index in [1.54, 1.807) is 0 Å². The summed E-state index contributed by atoms with van der Waals surface area (Å²) in [5.74, 6) is 0. The van der Waals surface area contributed by atoms with Crippen molar-refractivity contribution >= 4 is 0 Å². The van der Waals surface area contributed by atoms with Gasteiger partial charge in [-0.15, -0.1) is 0 Å². The molecule has 0 amide bonds. The lowest BCUT2D eigenvalue weighted by Gasteiger charge is -2.39. The largest absolute Gasteiger partial charge is 0.372 e. The van der Waals surface area contributed by atoms with Gasteiger partial charge in [-0.2, -0.15) is 0 Å². The third-order valence-electron chi connectivity index (χ3n) is 3.63. The van der Waals surface area contributed by atoms with Crippen LogP contribution in [0.4, 0.5) is 0 Å². The summed E-state index contributed by atoms with van der Waals surface area (Å²) in [5, 5.41) is 0. The van der Waals surface area contributed by atoms with E-state index in [-0.39, 0.29) is 10.8 Å². The van der Waals surface area contributed by atoms with E-state index in [0.29, 0.717) is 6.04 Å². The van der Waals surface area contributed by atoms with Gasteiger partial charge in [0.2, 0.25) is 0 Å². The predicted octanol–water partition coefficient (Wildman–Crippen LogP) is 5.64. The highest BCUT2D eigenvalue weighted by molar-refractivity contribution is 5.17. The molecule has 0 spiro atoms. The fraction of sp³-hybridized carbons (Fsp3) is 0.778. The molecule has 1 heteroatoms. The molecule has 1 nitrogen and oxygen atoms in total. The van der Waals surface area contributed by atoms with Crippen LogP contribution in [0, 0.1) is 10.8 Å². The zero-order valence-electron chi connectivity index (χ0n) is 14.6. The highest BCUT2D eigenvalue weighted by atomic mass is 15.1. The number of hydrogen-bond acceptors (Lipinski definition) is 1. The Balaban J connectivity index is 4.99. The van der Waals surface area contributed by atoms with E-state index in [9.17, 15) is 0 Å². The molecule has 19 heavy (non-hydrogen) atoms. The minimum Gasteiger partial charge on any atom is -0.372 e. The van der Waals surface area contributed by atoms with Crippen LogP contribution in [0.1, 0.15) is 67.7 Å². The van der Waals surface area contributed by atoms with Crippen LogP contribution < -0.4 is 0 Å². The maximum atomic E-state index is 4.36. The van der Waals surface area contributed by atoms with Gasteiger partial charge in [-0.3, -0.25) is 0 Å². The Hall–Kier alpha value is -0.720.